The van der Waals surface area contributed by atoms with Crippen molar-refractivity contribution in [3.05, 3.63) is 70.2 Å². The topological polar surface area (TPSA) is 49.4 Å². The third-order valence-electron chi connectivity index (χ3n) is 5.19. The Bertz CT molecular complexity index is 837. The molecule has 3 rings (SSSR count). The van der Waals surface area contributed by atoms with Crippen molar-refractivity contribution in [2.24, 2.45) is 0 Å². The number of hydrogen-bond donors (Lipinski definition) is 1. The van der Waals surface area contributed by atoms with Gasteiger partial charge in [0.25, 0.3) is 0 Å². The number of rotatable bonds is 5. The lowest BCUT2D eigenvalue weighted by Gasteiger charge is -2.36. The van der Waals surface area contributed by atoms with E-state index in [1.807, 2.05) is 54.3 Å². The first-order valence-electron chi connectivity index (χ1n) is 9.39. The predicted octanol–water partition coefficient (Wildman–Crippen LogP) is 4.44. The second-order valence-electron chi connectivity index (χ2n) is 6.96. The molecule has 1 N–H and O–H groups in total. The summed E-state index contributed by atoms with van der Waals surface area (Å²) >= 11 is 6.09. The third-order valence-corrected chi connectivity index (χ3v) is 5.43. The molecule has 0 saturated heterocycles. The van der Waals surface area contributed by atoms with E-state index >= 15 is 0 Å². The molecular formula is C22H25ClN2O2. The molecule has 2 atom stereocenters. The van der Waals surface area contributed by atoms with Crippen LogP contribution in [0.2, 0.25) is 5.02 Å². The molecule has 2 aromatic rings. The molecule has 1 aliphatic rings. The number of carbonyl (C=O) groups excluding carboxylic acids is 2. The molecular weight excluding hydrogens is 360 g/mol. The maximum atomic E-state index is 12.8. The third kappa shape index (κ3) is 4.51. The van der Waals surface area contributed by atoms with E-state index in [-0.39, 0.29) is 30.3 Å². The zero-order valence-corrected chi connectivity index (χ0v) is 16.5. The highest BCUT2D eigenvalue weighted by molar-refractivity contribution is 6.30. The van der Waals surface area contributed by atoms with Crippen molar-refractivity contribution in [1.82, 2.24) is 10.2 Å². The molecule has 5 heteroatoms. The molecule has 2 unspecified atom stereocenters. The van der Waals surface area contributed by atoms with E-state index in [0.717, 1.165) is 24.0 Å². The minimum absolute atomic E-state index is 0.00388. The Hall–Kier alpha value is -2.33. The fourth-order valence-electron chi connectivity index (χ4n) is 3.82. The normalized spacial score (nSPS) is 17.1. The minimum atomic E-state index is -0.218. The summed E-state index contributed by atoms with van der Waals surface area (Å²) in [6.07, 6.45) is 1.85. The van der Waals surface area contributed by atoms with E-state index in [0.29, 0.717) is 11.6 Å². The fraction of sp³-hybridized carbons (Fsp3) is 0.364. The largest absolute Gasteiger partial charge is 0.349 e. The van der Waals surface area contributed by atoms with Crippen LogP contribution in [0.5, 0.6) is 0 Å². The van der Waals surface area contributed by atoms with E-state index < -0.39 is 0 Å². The molecule has 142 valence electrons. The smallest absolute Gasteiger partial charge is 0.222 e. The van der Waals surface area contributed by atoms with E-state index in [2.05, 4.69) is 11.4 Å². The van der Waals surface area contributed by atoms with Crippen LogP contribution in [0.25, 0.3) is 0 Å². The van der Waals surface area contributed by atoms with Crippen LogP contribution >= 0.6 is 11.6 Å². The Morgan fingerprint density at radius 2 is 2.00 bits per heavy atom. The van der Waals surface area contributed by atoms with Crippen molar-refractivity contribution >= 4 is 23.4 Å². The van der Waals surface area contributed by atoms with Gasteiger partial charge < -0.3 is 10.2 Å². The summed E-state index contributed by atoms with van der Waals surface area (Å²) in [5, 5.41) is 3.77. The van der Waals surface area contributed by atoms with Gasteiger partial charge in [-0.25, -0.2) is 0 Å². The minimum Gasteiger partial charge on any atom is -0.349 e. The Labute approximate surface area is 165 Å². The van der Waals surface area contributed by atoms with Gasteiger partial charge in [-0.2, -0.15) is 0 Å². The SMILES string of the molecule is CCC(NC(=O)CC1c2ccccc2CCN1C(C)=O)c1cccc(Cl)c1. The van der Waals surface area contributed by atoms with E-state index in [9.17, 15) is 9.59 Å². The van der Waals surface area contributed by atoms with Gasteiger partial charge in [0.05, 0.1) is 18.5 Å². The number of hydrogen-bond acceptors (Lipinski definition) is 2. The van der Waals surface area contributed by atoms with Crippen molar-refractivity contribution in [1.29, 1.82) is 0 Å². The van der Waals surface area contributed by atoms with E-state index in [1.54, 1.807) is 6.92 Å². The van der Waals surface area contributed by atoms with Crippen molar-refractivity contribution in [2.45, 2.75) is 45.2 Å². The number of fused-ring (bicyclic) bond motifs is 1. The lowest BCUT2D eigenvalue weighted by Crippen LogP contribution is -2.41. The quantitative estimate of drug-likeness (QED) is 0.828. The second-order valence-corrected chi connectivity index (χ2v) is 7.40. The molecule has 0 saturated carbocycles. The molecule has 4 nitrogen and oxygen atoms in total. The molecule has 0 spiro atoms. The highest BCUT2D eigenvalue weighted by atomic mass is 35.5. The van der Waals surface area contributed by atoms with Crippen LogP contribution in [0, 0.1) is 0 Å². The molecule has 0 aromatic heterocycles. The van der Waals surface area contributed by atoms with Crippen LogP contribution in [-0.4, -0.2) is 23.3 Å². The van der Waals surface area contributed by atoms with E-state index in [1.165, 1.54) is 5.56 Å². The maximum Gasteiger partial charge on any atom is 0.222 e. The molecule has 0 bridgehead atoms. The van der Waals surface area contributed by atoms with Gasteiger partial charge >= 0.3 is 0 Å². The zero-order chi connectivity index (χ0) is 19.4. The zero-order valence-electron chi connectivity index (χ0n) is 15.7. The first kappa shape index (κ1) is 19.4. The lowest BCUT2D eigenvalue weighted by atomic mass is 9.90. The van der Waals surface area contributed by atoms with Gasteiger partial charge in [0.1, 0.15) is 0 Å². The molecule has 1 heterocycles. The van der Waals surface area contributed by atoms with Crippen molar-refractivity contribution in [3.63, 3.8) is 0 Å². The number of halogens is 1. The Kier molecular flexibility index (Phi) is 6.17. The highest BCUT2D eigenvalue weighted by Gasteiger charge is 2.31. The van der Waals surface area contributed by atoms with Gasteiger partial charge in [-0.05, 0) is 41.7 Å². The molecule has 27 heavy (non-hydrogen) atoms. The Morgan fingerprint density at radius 3 is 2.70 bits per heavy atom. The standard InChI is InChI=1S/C22H25ClN2O2/c1-3-20(17-8-6-9-18(23)13-17)24-22(27)14-21-19-10-5-4-7-16(19)11-12-25(21)15(2)26/h4-10,13,20-21H,3,11-12,14H2,1-2H3,(H,24,27). The average Bonchev–Trinajstić information content (AvgIpc) is 2.66. The van der Waals surface area contributed by atoms with Gasteiger partial charge in [0, 0.05) is 18.5 Å². The van der Waals surface area contributed by atoms with Crippen molar-refractivity contribution in [3.8, 4) is 0 Å². The molecule has 2 amide bonds. The van der Waals surface area contributed by atoms with Crippen LogP contribution < -0.4 is 5.32 Å². The van der Waals surface area contributed by atoms with Crippen LogP contribution in [-0.2, 0) is 16.0 Å². The Morgan fingerprint density at radius 1 is 1.22 bits per heavy atom. The van der Waals surface area contributed by atoms with Gasteiger partial charge in [0.2, 0.25) is 11.8 Å². The number of carbonyl (C=O) groups is 2. The maximum absolute atomic E-state index is 12.8. The number of benzene rings is 2. The molecule has 1 aliphatic heterocycles. The van der Waals surface area contributed by atoms with Crippen LogP contribution in [0.4, 0.5) is 0 Å². The summed E-state index contributed by atoms with van der Waals surface area (Å²) in [5.74, 6) is -0.0565. The van der Waals surface area contributed by atoms with Crippen LogP contribution in [0.1, 0.15) is 55.5 Å². The summed E-state index contributed by atoms with van der Waals surface area (Å²) in [5.41, 5.74) is 3.28. The van der Waals surface area contributed by atoms with Crippen molar-refractivity contribution < 1.29 is 9.59 Å². The van der Waals surface area contributed by atoms with Crippen LogP contribution in [0.3, 0.4) is 0 Å². The first-order chi connectivity index (χ1) is 13.0. The van der Waals surface area contributed by atoms with E-state index in [4.69, 9.17) is 11.6 Å². The molecule has 0 radical (unpaired) electrons. The number of nitrogens with zero attached hydrogens (tertiary/aromatic N) is 1. The van der Waals surface area contributed by atoms with Crippen LogP contribution in [0.15, 0.2) is 48.5 Å². The molecule has 2 aromatic carbocycles. The highest BCUT2D eigenvalue weighted by Crippen LogP contribution is 2.32. The number of amides is 2. The predicted molar refractivity (Wildman–Crippen MR) is 108 cm³/mol. The second kappa shape index (κ2) is 8.57. The average molecular weight is 385 g/mol. The number of nitrogens with one attached hydrogen (secondary N) is 1. The lowest BCUT2D eigenvalue weighted by molar-refractivity contribution is -0.133. The molecule has 0 fully saturated rings. The van der Waals surface area contributed by atoms with Gasteiger partial charge in [0.15, 0.2) is 0 Å². The summed E-state index contributed by atoms with van der Waals surface area (Å²) in [6, 6.07) is 15.3. The van der Waals surface area contributed by atoms with Crippen molar-refractivity contribution in [2.75, 3.05) is 6.54 Å². The summed E-state index contributed by atoms with van der Waals surface area (Å²) in [7, 11) is 0. The molecule has 0 aliphatic carbocycles. The Balaban J connectivity index is 1.78. The van der Waals surface area contributed by atoms with Gasteiger partial charge in [-0.1, -0.05) is 54.9 Å². The summed E-state index contributed by atoms with van der Waals surface area (Å²) in [4.78, 5) is 26.8. The summed E-state index contributed by atoms with van der Waals surface area (Å²) < 4.78 is 0. The summed E-state index contributed by atoms with van der Waals surface area (Å²) in [6.45, 7) is 4.25. The fourth-order valence-corrected chi connectivity index (χ4v) is 4.02. The van der Waals surface area contributed by atoms with Gasteiger partial charge in [-0.15, -0.1) is 0 Å². The monoisotopic (exact) mass is 384 g/mol. The first-order valence-corrected chi connectivity index (χ1v) is 9.77. The van der Waals surface area contributed by atoms with Gasteiger partial charge in [-0.3, -0.25) is 9.59 Å².